The number of halogens is 2. The molecular formula is C13H13Br2NS. The van der Waals surface area contributed by atoms with Gasteiger partial charge in [-0.2, -0.15) is 0 Å². The van der Waals surface area contributed by atoms with Crippen LogP contribution in [-0.4, -0.2) is 7.05 Å². The molecule has 1 N–H and O–H groups in total. The van der Waals surface area contributed by atoms with Crippen LogP contribution in [0.3, 0.4) is 0 Å². The van der Waals surface area contributed by atoms with E-state index >= 15 is 0 Å². The number of thiophene rings is 1. The fraction of sp³-hybridized carbons (Fsp3) is 0.231. The van der Waals surface area contributed by atoms with Gasteiger partial charge in [-0.05, 0) is 53.2 Å². The minimum Gasteiger partial charge on any atom is -0.312 e. The van der Waals surface area contributed by atoms with Crippen LogP contribution in [0, 0.1) is 0 Å². The first-order valence-corrected chi connectivity index (χ1v) is 7.77. The fourth-order valence-electron chi connectivity index (χ4n) is 1.74. The first-order chi connectivity index (χ1) is 8.20. The molecule has 0 aliphatic carbocycles. The van der Waals surface area contributed by atoms with E-state index in [9.17, 15) is 0 Å². The third-order valence-corrected chi connectivity index (χ3v) is 5.18. The van der Waals surface area contributed by atoms with Gasteiger partial charge < -0.3 is 5.32 Å². The summed E-state index contributed by atoms with van der Waals surface area (Å²) in [4.78, 5) is 1.36. The van der Waals surface area contributed by atoms with E-state index in [1.165, 1.54) is 18.7 Å². The monoisotopic (exact) mass is 373 g/mol. The highest BCUT2D eigenvalue weighted by Gasteiger charge is 2.13. The zero-order valence-corrected chi connectivity index (χ0v) is 13.4. The SMILES string of the molecule is CNC(Cc1ccccc1Br)c1ccc(Br)s1. The molecular weight excluding hydrogens is 362 g/mol. The van der Waals surface area contributed by atoms with Crippen LogP contribution in [0.4, 0.5) is 0 Å². The van der Waals surface area contributed by atoms with Gasteiger partial charge in [-0.25, -0.2) is 0 Å². The first-order valence-electron chi connectivity index (χ1n) is 5.36. The Bertz CT molecular complexity index is 496. The Morgan fingerprint density at radius 2 is 1.94 bits per heavy atom. The number of hydrogen-bond acceptors (Lipinski definition) is 2. The minimum atomic E-state index is 0.366. The van der Waals surface area contributed by atoms with Crippen molar-refractivity contribution < 1.29 is 0 Å². The summed E-state index contributed by atoms with van der Waals surface area (Å²) in [6.45, 7) is 0. The van der Waals surface area contributed by atoms with Crippen LogP contribution in [0.15, 0.2) is 44.7 Å². The van der Waals surface area contributed by atoms with Crippen molar-refractivity contribution in [2.45, 2.75) is 12.5 Å². The van der Waals surface area contributed by atoms with Gasteiger partial charge in [-0.15, -0.1) is 11.3 Å². The number of benzene rings is 1. The predicted molar refractivity (Wildman–Crippen MR) is 81.7 cm³/mol. The van der Waals surface area contributed by atoms with Gasteiger partial charge in [0.05, 0.1) is 3.79 Å². The van der Waals surface area contributed by atoms with Crippen molar-refractivity contribution in [3.05, 3.63) is 55.1 Å². The number of rotatable bonds is 4. The maximum absolute atomic E-state index is 3.60. The molecule has 17 heavy (non-hydrogen) atoms. The minimum absolute atomic E-state index is 0.366. The van der Waals surface area contributed by atoms with Crippen LogP contribution in [0.1, 0.15) is 16.5 Å². The molecule has 0 bridgehead atoms. The molecule has 1 heterocycles. The molecule has 1 aromatic heterocycles. The topological polar surface area (TPSA) is 12.0 Å². The fourth-order valence-corrected chi connectivity index (χ4v) is 3.72. The van der Waals surface area contributed by atoms with Crippen LogP contribution in [-0.2, 0) is 6.42 Å². The summed E-state index contributed by atoms with van der Waals surface area (Å²) in [5.41, 5.74) is 1.33. The van der Waals surface area contributed by atoms with Gasteiger partial charge in [0.15, 0.2) is 0 Å². The van der Waals surface area contributed by atoms with Crippen molar-refractivity contribution in [1.82, 2.24) is 5.32 Å². The lowest BCUT2D eigenvalue weighted by molar-refractivity contribution is 0.601. The lowest BCUT2D eigenvalue weighted by Gasteiger charge is -2.15. The van der Waals surface area contributed by atoms with Gasteiger partial charge in [0.25, 0.3) is 0 Å². The van der Waals surface area contributed by atoms with Crippen molar-refractivity contribution >= 4 is 43.2 Å². The van der Waals surface area contributed by atoms with Crippen molar-refractivity contribution in [3.8, 4) is 0 Å². The molecule has 90 valence electrons. The van der Waals surface area contributed by atoms with E-state index in [2.05, 4.69) is 67.5 Å². The highest BCUT2D eigenvalue weighted by atomic mass is 79.9. The molecule has 1 unspecified atom stereocenters. The highest BCUT2D eigenvalue weighted by Crippen LogP contribution is 2.30. The molecule has 0 spiro atoms. The summed E-state index contributed by atoms with van der Waals surface area (Å²) >= 11 is 8.89. The van der Waals surface area contributed by atoms with Crippen molar-refractivity contribution in [1.29, 1.82) is 0 Å². The molecule has 1 atom stereocenters. The number of nitrogens with one attached hydrogen (secondary N) is 1. The molecule has 0 aliphatic heterocycles. The van der Waals surface area contributed by atoms with E-state index in [-0.39, 0.29) is 0 Å². The maximum atomic E-state index is 3.60. The van der Waals surface area contributed by atoms with E-state index < -0.39 is 0 Å². The predicted octanol–water partition coefficient (Wildman–Crippen LogP) is 4.78. The third kappa shape index (κ3) is 3.41. The van der Waals surface area contributed by atoms with E-state index in [1.807, 2.05) is 13.1 Å². The Morgan fingerprint density at radius 1 is 1.18 bits per heavy atom. The quantitative estimate of drug-likeness (QED) is 0.812. The van der Waals surface area contributed by atoms with Gasteiger partial charge >= 0.3 is 0 Å². The zero-order valence-electron chi connectivity index (χ0n) is 9.41. The lowest BCUT2D eigenvalue weighted by atomic mass is 10.1. The average molecular weight is 375 g/mol. The van der Waals surface area contributed by atoms with Gasteiger partial charge in [-0.1, -0.05) is 34.1 Å². The lowest BCUT2D eigenvalue weighted by Crippen LogP contribution is -2.17. The Hall–Kier alpha value is -0.160. The third-order valence-electron chi connectivity index (χ3n) is 2.67. The van der Waals surface area contributed by atoms with Gasteiger partial charge in [0.2, 0.25) is 0 Å². The van der Waals surface area contributed by atoms with Crippen LogP contribution in [0.2, 0.25) is 0 Å². The number of hydrogen-bond donors (Lipinski definition) is 1. The van der Waals surface area contributed by atoms with Crippen LogP contribution < -0.4 is 5.32 Å². The summed E-state index contributed by atoms with van der Waals surface area (Å²) in [5, 5.41) is 3.38. The van der Waals surface area contributed by atoms with Gasteiger partial charge in [0.1, 0.15) is 0 Å². The second-order valence-electron chi connectivity index (χ2n) is 3.78. The summed E-state index contributed by atoms with van der Waals surface area (Å²) in [6, 6.07) is 13.0. The average Bonchev–Trinajstić information content (AvgIpc) is 2.75. The van der Waals surface area contributed by atoms with E-state index in [4.69, 9.17) is 0 Å². The second kappa shape index (κ2) is 6.14. The van der Waals surface area contributed by atoms with Gasteiger partial charge in [-0.3, -0.25) is 0 Å². The summed E-state index contributed by atoms with van der Waals surface area (Å²) in [7, 11) is 2.01. The zero-order chi connectivity index (χ0) is 12.3. The molecule has 0 aliphatic rings. The maximum Gasteiger partial charge on any atom is 0.0701 e. The smallest absolute Gasteiger partial charge is 0.0701 e. The van der Waals surface area contributed by atoms with Crippen LogP contribution >= 0.6 is 43.2 Å². The molecule has 2 aromatic rings. The molecule has 0 fully saturated rings. The van der Waals surface area contributed by atoms with Gasteiger partial charge in [0, 0.05) is 15.4 Å². The Kier molecular flexibility index (Phi) is 4.79. The van der Waals surface area contributed by atoms with Crippen LogP contribution in [0.5, 0.6) is 0 Å². The molecule has 1 aromatic carbocycles. The first kappa shape index (κ1) is 13.3. The van der Waals surface area contributed by atoms with E-state index in [0.29, 0.717) is 6.04 Å². The summed E-state index contributed by atoms with van der Waals surface area (Å²) in [6.07, 6.45) is 0.991. The van der Waals surface area contributed by atoms with Crippen molar-refractivity contribution in [2.24, 2.45) is 0 Å². The Morgan fingerprint density at radius 3 is 2.53 bits per heavy atom. The number of likely N-dealkylation sites (N-methyl/N-ethyl adjacent to an activating group) is 1. The standard InChI is InChI=1S/C13H13Br2NS/c1-16-11(12-6-7-13(15)17-12)8-9-4-2-3-5-10(9)14/h2-7,11,16H,8H2,1H3. The normalized spacial score (nSPS) is 12.6. The molecule has 0 amide bonds. The Balaban J connectivity index is 2.18. The summed E-state index contributed by atoms with van der Waals surface area (Å²) < 4.78 is 2.36. The molecule has 1 nitrogen and oxygen atoms in total. The second-order valence-corrected chi connectivity index (χ2v) is 7.13. The van der Waals surface area contributed by atoms with Crippen LogP contribution in [0.25, 0.3) is 0 Å². The molecule has 0 saturated carbocycles. The molecule has 0 saturated heterocycles. The molecule has 4 heteroatoms. The van der Waals surface area contributed by atoms with Crippen molar-refractivity contribution in [2.75, 3.05) is 7.05 Å². The Labute approximate surface area is 123 Å². The van der Waals surface area contributed by atoms with E-state index in [1.54, 1.807) is 11.3 Å². The molecule has 0 radical (unpaired) electrons. The largest absolute Gasteiger partial charge is 0.312 e. The van der Waals surface area contributed by atoms with Crippen molar-refractivity contribution in [3.63, 3.8) is 0 Å². The van der Waals surface area contributed by atoms with E-state index in [0.717, 1.165) is 6.42 Å². The highest BCUT2D eigenvalue weighted by molar-refractivity contribution is 9.11. The molecule has 2 rings (SSSR count). The summed E-state index contributed by atoms with van der Waals surface area (Å²) in [5.74, 6) is 0.